The van der Waals surface area contributed by atoms with Crippen molar-refractivity contribution in [1.29, 1.82) is 0 Å². The van der Waals surface area contributed by atoms with Crippen molar-refractivity contribution in [3.05, 3.63) is 48.3 Å². The van der Waals surface area contributed by atoms with Crippen LogP contribution in [0.25, 0.3) is 0 Å². The van der Waals surface area contributed by atoms with E-state index in [0.717, 1.165) is 0 Å². The topological polar surface area (TPSA) is 75.4 Å². The highest BCUT2D eigenvalue weighted by Gasteiger charge is 2.20. The molecule has 1 aromatic rings. The van der Waals surface area contributed by atoms with Gasteiger partial charge in [0.25, 0.3) is 0 Å². The van der Waals surface area contributed by atoms with Gasteiger partial charge in [0, 0.05) is 18.7 Å². The van der Waals surface area contributed by atoms with Gasteiger partial charge in [-0.3, -0.25) is 9.59 Å². The predicted octanol–water partition coefficient (Wildman–Crippen LogP) is 1.86. The second kappa shape index (κ2) is 10.8. The molecule has 0 saturated heterocycles. The molecule has 24 heavy (non-hydrogen) atoms. The van der Waals surface area contributed by atoms with Crippen molar-refractivity contribution in [2.45, 2.75) is 26.4 Å². The van der Waals surface area contributed by atoms with Crippen molar-refractivity contribution in [3.8, 4) is 0 Å². The number of nitrogens with one attached hydrogen (secondary N) is 1. The van der Waals surface area contributed by atoms with Crippen LogP contribution < -0.4 is 11.1 Å². The molecule has 0 aromatic heterocycles. The molecule has 0 fully saturated rings. The summed E-state index contributed by atoms with van der Waals surface area (Å²) in [6.45, 7) is 7.45. The molecule has 0 aliphatic carbocycles. The summed E-state index contributed by atoms with van der Waals surface area (Å²) >= 11 is 0. The van der Waals surface area contributed by atoms with Crippen molar-refractivity contribution in [2.24, 2.45) is 11.7 Å². The largest absolute Gasteiger partial charge is 0.346 e. The molecule has 0 heterocycles. The number of nitrogens with zero attached hydrogens (tertiary/aromatic N) is 1. The molecular weight excluding hydrogens is 333 g/mol. The fourth-order valence-electron chi connectivity index (χ4n) is 1.94. The van der Waals surface area contributed by atoms with E-state index in [1.54, 1.807) is 24.3 Å². The molecule has 0 unspecified atom stereocenters. The third-order valence-electron chi connectivity index (χ3n) is 3.46. The van der Waals surface area contributed by atoms with Crippen LogP contribution in [0.15, 0.2) is 36.9 Å². The van der Waals surface area contributed by atoms with Gasteiger partial charge in [-0.25, -0.2) is 4.39 Å². The van der Waals surface area contributed by atoms with Crippen LogP contribution in [0.5, 0.6) is 0 Å². The molecule has 1 aromatic carbocycles. The van der Waals surface area contributed by atoms with E-state index in [0.29, 0.717) is 5.56 Å². The van der Waals surface area contributed by atoms with Gasteiger partial charge in [-0.2, -0.15) is 0 Å². The Bertz CT molecular complexity index is 567. The first-order valence-electron chi connectivity index (χ1n) is 7.52. The minimum Gasteiger partial charge on any atom is -0.346 e. The lowest BCUT2D eigenvalue weighted by Crippen LogP contribution is -2.47. The zero-order chi connectivity index (χ0) is 17.4. The van der Waals surface area contributed by atoms with E-state index >= 15 is 0 Å². The molecular formula is C17H25ClFN3O2. The molecule has 0 aliphatic rings. The van der Waals surface area contributed by atoms with Crippen LogP contribution in [0.4, 0.5) is 4.39 Å². The molecule has 0 spiro atoms. The lowest BCUT2D eigenvalue weighted by Gasteiger charge is -2.22. The molecule has 134 valence electrons. The van der Waals surface area contributed by atoms with Crippen molar-refractivity contribution < 1.29 is 14.0 Å². The number of halogens is 2. The molecule has 0 saturated carbocycles. The lowest BCUT2D eigenvalue weighted by atomic mass is 10.1. The predicted molar refractivity (Wildman–Crippen MR) is 95.1 cm³/mol. The zero-order valence-electron chi connectivity index (χ0n) is 14.0. The number of rotatable bonds is 8. The van der Waals surface area contributed by atoms with Crippen LogP contribution in [0.3, 0.4) is 0 Å². The van der Waals surface area contributed by atoms with Crippen molar-refractivity contribution >= 4 is 24.2 Å². The minimum absolute atomic E-state index is 0. The Morgan fingerprint density at radius 1 is 1.38 bits per heavy atom. The zero-order valence-corrected chi connectivity index (χ0v) is 14.8. The number of hydrogen-bond donors (Lipinski definition) is 2. The van der Waals surface area contributed by atoms with Gasteiger partial charge in [-0.05, 0) is 12.0 Å². The molecule has 7 heteroatoms. The average molecular weight is 358 g/mol. The van der Waals surface area contributed by atoms with E-state index in [2.05, 4.69) is 11.9 Å². The first kappa shape index (κ1) is 22.1. The Hall–Kier alpha value is -1.92. The van der Waals surface area contributed by atoms with Crippen LogP contribution in [0.2, 0.25) is 0 Å². The smallest absolute Gasteiger partial charge is 0.242 e. The maximum absolute atomic E-state index is 13.7. The summed E-state index contributed by atoms with van der Waals surface area (Å²) < 4.78 is 13.7. The second-order valence-corrected chi connectivity index (χ2v) is 5.64. The molecule has 5 nitrogen and oxygen atoms in total. The number of amides is 2. The van der Waals surface area contributed by atoms with E-state index in [1.165, 1.54) is 11.0 Å². The summed E-state index contributed by atoms with van der Waals surface area (Å²) in [5, 5.41) is 2.52. The summed E-state index contributed by atoms with van der Waals surface area (Å²) in [7, 11) is 0. The number of carbonyl (C=O) groups excluding carboxylic acids is 2. The summed E-state index contributed by atoms with van der Waals surface area (Å²) in [6.07, 6.45) is 1.56. The molecule has 2 amide bonds. The summed E-state index contributed by atoms with van der Waals surface area (Å²) in [6, 6.07) is 5.59. The number of benzene rings is 1. The Labute approximate surface area is 148 Å². The third-order valence-corrected chi connectivity index (χ3v) is 3.46. The Morgan fingerprint density at radius 3 is 2.54 bits per heavy atom. The highest BCUT2D eigenvalue weighted by molar-refractivity contribution is 5.87. The highest BCUT2D eigenvalue weighted by Crippen LogP contribution is 2.10. The minimum atomic E-state index is -0.665. The lowest BCUT2D eigenvalue weighted by molar-refractivity contribution is -0.133. The van der Waals surface area contributed by atoms with Gasteiger partial charge in [0.15, 0.2) is 0 Å². The summed E-state index contributed by atoms with van der Waals surface area (Å²) in [5.74, 6) is -1.09. The highest BCUT2D eigenvalue weighted by atomic mass is 35.5. The molecule has 0 bridgehead atoms. The van der Waals surface area contributed by atoms with E-state index in [-0.39, 0.29) is 55.6 Å². The molecule has 0 aliphatic heterocycles. The molecule has 0 radical (unpaired) electrons. The quantitative estimate of drug-likeness (QED) is 0.697. The van der Waals surface area contributed by atoms with Crippen LogP contribution in [0.1, 0.15) is 19.4 Å². The Balaban J connectivity index is 0.00000529. The van der Waals surface area contributed by atoms with Gasteiger partial charge >= 0.3 is 0 Å². The normalized spacial score (nSPS) is 11.4. The van der Waals surface area contributed by atoms with Crippen LogP contribution >= 0.6 is 12.4 Å². The number of nitrogens with two attached hydrogens (primary N) is 1. The van der Waals surface area contributed by atoms with E-state index in [1.807, 2.05) is 13.8 Å². The summed E-state index contributed by atoms with van der Waals surface area (Å²) in [5.41, 5.74) is 6.13. The van der Waals surface area contributed by atoms with Gasteiger partial charge in [0.2, 0.25) is 11.8 Å². The Kier molecular flexibility index (Phi) is 9.92. The fraction of sp³-hybridized carbons (Fsp3) is 0.412. The van der Waals surface area contributed by atoms with Gasteiger partial charge in [-0.1, -0.05) is 38.1 Å². The first-order valence-corrected chi connectivity index (χ1v) is 7.52. The van der Waals surface area contributed by atoms with Crippen molar-refractivity contribution in [2.75, 3.05) is 13.1 Å². The van der Waals surface area contributed by atoms with E-state index in [4.69, 9.17) is 5.73 Å². The SMILES string of the molecule is C=CCN(Cc1ccccc1F)C(=O)CNC(=O)[C@@H](N)C(C)C.Cl. The van der Waals surface area contributed by atoms with E-state index in [9.17, 15) is 14.0 Å². The van der Waals surface area contributed by atoms with E-state index < -0.39 is 6.04 Å². The maximum atomic E-state index is 13.7. The average Bonchev–Trinajstić information content (AvgIpc) is 2.52. The maximum Gasteiger partial charge on any atom is 0.242 e. The first-order chi connectivity index (χ1) is 10.9. The van der Waals surface area contributed by atoms with Gasteiger partial charge < -0.3 is 16.0 Å². The molecule has 3 N–H and O–H groups in total. The molecule has 1 atom stereocenters. The van der Waals surface area contributed by atoms with Crippen LogP contribution in [-0.2, 0) is 16.1 Å². The molecule has 1 rings (SSSR count). The van der Waals surface area contributed by atoms with Crippen LogP contribution in [-0.4, -0.2) is 35.8 Å². The summed E-state index contributed by atoms with van der Waals surface area (Å²) in [4.78, 5) is 25.5. The van der Waals surface area contributed by atoms with Crippen LogP contribution in [0, 0.1) is 11.7 Å². The number of carbonyl (C=O) groups is 2. The standard InChI is InChI=1S/C17H24FN3O2.ClH/c1-4-9-21(11-13-7-5-6-8-14(13)18)15(22)10-20-17(23)16(19)12(2)3;/h4-8,12,16H,1,9-11,19H2,2-3H3,(H,20,23);1H/t16-;/m0./s1. The van der Waals surface area contributed by atoms with Gasteiger partial charge in [0.05, 0.1) is 12.6 Å². The third kappa shape index (κ3) is 6.68. The fourth-order valence-corrected chi connectivity index (χ4v) is 1.94. The van der Waals surface area contributed by atoms with Crippen molar-refractivity contribution in [3.63, 3.8) is 0 Å². The van der Waals surface area contributed by atoms with Crippen molar-refractivity contribution in [1.82, 2.24) is 10.2 Å². The van der Waals surface area contributed by atoms with Gasteiger partial charge in [-0.15, -0.1) is 19.0 Å². The second-order valence-electron chi connectivity index (χ2n) is 5.64. The van der Waals surface area contributed by atoms with Gasteiger partial charge in [0.1, 0.15) is 5.82 Å². The Morgan fingerprint density at radius 2 is 2.00 bits per heavy atom. The number of hydrogen-bond acceptors (Lipinski definition) is 3. The monoisotopic (exact) mass is 357 g/mol.